The Morgan fingerprint density at radius 1 is 1.04 bits per heavy atom. The Hall–Kier alpha value is -2.41. The lowest BCUT2D eigenvalue weighted by Crippen LogP contribution is -2.21. The van der Waals surface area contributed by atoms with Gasteiger partial charge >= 0.3 is 5.97 Å². The molecule has 1 amide bonds. The van der Waals surface area contributed by atoms with Crippen molar-refractivity contribution >= 4 is 29.3 Å². The van der Waals surface area contributed by atoms with Gasteiger partial charge in [-0.2, -0.15) is 0 Å². The molecule has 2 aromatic rings. The smallest absolute Gasteiger partial charge is 0.316 e. The number of esters is 1. The molecule has 7 heteroatoms. The molecule has 0 aliphatic carbocycles. The van der Waals surface area contributed by atoms with Crippen molar-refractivity contribution in [3.63, 3.8) is 0 Å². The summed E-state index contributed by atoms with van der Waals surface area (Å²) in [6.07, 6.45) is 0. The fourth-order valence-electron chi connectivity index (χ4n) is 1.62. The quantitative estimate of drug-likeness (QED) is 0.649. The van der Waals surface area contributed by atoms with E-state index < -0.39 is 30.1 Å². The summed E-state index contributed by atoms with van der Waals surface area (Å²) in [6.45, 7) is -0.493. The minimum atomic E-state index is -1.07. The van der Waals surface area contributed by atoms with Gasteiger partial charge in [0.25, 0.3) is 5.91 Å². The van der Waals surface area contributed by atoms with E-state index in [2.05, 4.69) is 5.32 Å². The van der Waals surface area contributed by atoms with Gasteiger partial charge in [0.15, 0.2) is 18.2 Å². The summed E-state index contributed by atoms with van der Waals surface area (Å²) >= 11 is 1.29. The Balaban J connectivity index is 1.73. The molecule has 0 saturated heterocycles. The fraction of sp³-hybridized carbons (Fsp3) is 0.125. The van der Waals surface area contributed by atoms with Gasteiger partial charge in [-0.3, -0.25) is 9.59 Å². The van der Waals surface area contributed by atoms with E-state index in [-0.39, 0.29) is 11.4 Å². The molecule has 0 spiro atoms. The van der Waals surface area contributed by atoms with Crippen LogP contribution in [0.2, 0.25) is 0 Å². The van der Waals surface area contributed by atoms with E-state index in [4.69, 9.17) is 4.74 Å². The van der Waals surface area contributed by atoms with Crippen LogP contribution in [-0.2, 0) is 14.3 Å². The molecule has 0 fully saturated rings. The summed E-state index contributed by atoms with van der Waals surface area (Å²) in [5.41, 5.74) is 0.0867. The van der Waals surface area contributed by atoms with Crippen molar-refractivity contribution in [2.24, 2.45) is 0 Å². The van der Waals surface area contributed by atoms with Gasteiger partial charge < -0.3 is 10.1 Å². The van der Waals surface area contributed by atoms with Crippen molar-refractivity contribution in [2.45, 2.75) is 4.90 Å². The first kappa shape index (κ1) is 17.0. The molecule has 2 rings (SSSR count). The lowest BCUT2D eigenvalue weighted by Gasteiger charge is -2.07. The van der Waals surface area contributed by atoms with Gasteiger partial charge in [0.2, 0.25) is 0 Å². The van der Waals surface area contributed by atoms with Crippen LogP contribution < -0.4 is 5.32 Å². The molecule has 0 bridgehead atoms. The third-order valence-electron chi connectivity index (χ3n) is 2.67. The van der Waals surface area contributed by atoms with E-state index in [1.165, 1.54) is 17.8 Å². The van der Waals surface area contributed by atoms with Crippen LogP contribution in [0.25, 0.3) is 0 Å². The minimum absolute atomic E-state index is 0.0719. The van der Waals surface area contributed by atoms with Gasteiger partial charge in [-0.1, -0.05) is 18.2 Å². The van der Waals surface area contributed by atoms with E-state index in [1.54, 1.807) is 0 Å². The highest BCUT2D eigenvalue weighted by molar-refractivity contribution is 8.00. The Labute approximate surface area is 135 Å². The molecule has 0 aliphatic heterocycles. The van der Waals surface area contributed by atoms with Gasteiger partial charge in [-0.15, -0.1) is 11.8 Å². The standard InChI is InChI=1S/C16H13F2NO3S/c17-13-7-6-11(8-14(13)18)19-15(20)9-22-16(21)10-23-12-4-2-1-3-5-12/h1-8H,9-10H2,(H,19,20). The highest BCUT2D eigenvalue weighted by Crippen LogP contribution is 2.17. The number of thioether (sulfide) groups is 1. The van der Waals surface area contributed by atoms with Crippen LogP contribution in [0.1, 0.15) is 0 Å². The van der Waals surface area contributed by atoms with Crippen LogP contribution in [-0.4, -0.2) is 24.2 Å². The Morgan fingerprint density at radius 3 is 2.48 bits per heavy atom. The van der Waals surface area contributed by atoms with E-state index in [0.29, 0.717) is 0 Å². The zero-order valence-electron chi connectivity index (χ0n) is 11.9. The molecule has 2 aromatic carbocycles. The highest BCUT2D eigenvalue weighted by atomic mass is 32.2. The number of carbonyl (C=O) groups is 2. The number of benzene rings is 2. The average Bonchev–Trinajstić information content (AvgIpc) is 2.55. The second kappa shape index (κ2) is 8.28. The van der Waals surface area contributed by atoms with Crippen molar-refractivity contribution in [1.82, 2.24) is 0 Å². The lowest BCUT2D eigenvalue weighted by molar-refractivity contribution is -0.144. The monoisotopic (exact) mass is 337 g/mol. The number of anilines is 1. The molecule has 0 unspecified atom stereocenters. The van der Waals surface area contributed by atoms with Gasteiger partial charge in [0.05, 0.1) is 5.75 Å². The predicted molar refractivity (Wildman–Crippen MR) is 83.1 cm³/mol. The second-order valence-electron chi connectivity index (χ2n) is 4.44. The molecule has 0 radical (unpaired) electrons. The molecular formula is C16H13F2NO3S. The maximum Gasteiger partial charge on any atom is 0.316 e. The fourth-order valence-corrected chi connectivity index (χ4v) is 2.34. The second-order valence-corrected chi connectivity index (χ2v) is 5.49. The van der Waals surface area contributed by atoms with Crippen molar-refractivity contribution < 1.29 is 23.1 Å². The number of hydrogen-bond acceptors (Lipinski definition) is 4. The number of carbonyl (C=O) groups excluding carboxylic acids is 2. The zero-order valence-corrected chi connectivity index (χ0v) is 12.7. The molecule has 0 saturated carbocycles. The topological polar surface area (TPSA) is 55.4 Å². The number of rotatable bonds is 6. The van der Waals surface area contributed by atoms with Gasteiger partial charge in [0.1, 0.15) is 0 Å². The Kier molecular flexibility index (Phi) is 6.10. The summed E-state index contributed by atoms with van der Waals surface area (Å²) < 4.78 is 30.6. The van der Waals surface area contributed by atoms with Crippen LogP contribution in [0.3, 0.4) is 0 Å². The third kappa shape index (κ3) is 5.71. The molecule has 1 N–H and O–H groups in total. The van der Waals surface area contributed by atoms with Gasteiger partial charge in [-0.05, 0) is 24.3 Å². The van der Waals surface area contributed by atoms with Gasteiger partial charge in [0, 0.05) is 16.6 Å². The average molecular weight is 337 g/mol. The molecule has 0 aromatic heterocycles. The van der Waals surface area contributed by atoms with Crippen LogP contribution in [0, 0.1) is 11.6 Å². The first-order valence-electron chi connectivity index (χ1n) is 6.63. The van der Waals surface area contributed by atoms with E-state index in [0.717, 1.165) is 17.0 Å². The van der Waals surface area contributed by atoms with Crippen LogP contribution in [0.15, 0.2) is 53.4 Å². The molecule has 0 heterocycles. The summed E-state index contributed by atoms with van der Waals surface area (Å²) in [5.74, 6) is -3.18. The van der Waals surface area contributed by atoms with Crippen LogP contribution >= 0.6 is 11.8 Å². The van der Waals surface area contributed by atoms with E-state index in [1.807, 2.05) is 30.3 Å². The number of amides is 1. The summed E-state index contributed by atoms with van der Waals surface area (Å²) in [7, 11) is 0. The van der Waals surface area contributed by atoms with Gasteiger partial charge in [-0.25, -0.2) is 8.78 Å². The van der Waals surface area contributed by atoms with Crippen molar-refractivity contribution in [3.05, 3.63) is 60.2 Å². The zero-order chi connectivity index (χ0) is 16.7. The van der Waals surface area contributed by atoms with E-state index in [9.17, 15) is 18.4 Å². The largest absolute Gasteiger partial charge is 0.455 e. The number of nitrogens with one attached hydrogen (secondary N) is 1. The summed E-state index contributed by atoms with van der Waals surface area (Å²) in [4.78, 5) is 24.0. The van der Waals surface area contributed by atoms with Crippen molar-refractivity contribution in [1.29, 1.82) is 0 Å². The summed E-state index contributed by atoms with van der Waals surface area (Å²) in [5, 5.41) is 2.31. The summed E-state index contributed by atoms with van der Waals surface area (Å²) in [6, 6.07) is 12.2. The maximum atomic E-state index is 13.0. The Morgan fingerprint density at radius 2 is 1.78 bits per heavy atom. The molecule has 0 aliphatic rings. The van der Waals surface area contributed by atoms with Crippen molar-refractivity contribution in [2.75, 3.05) is 17.7 Å². The van der Waals surface area contributed by atoms with Crippen LogP contribution in [0.5, 0.6) is 0 Å². The molecular weight excluding hydrogens is 324 g/mol. The number of ether oxygens (including phenoxy) is 1. The number of halogens is 2. The lowest BCUT2D eigenvalue weighted by atomic mass is 10.3. The molecule has 0 atom stereocenters. The van der Waals surface area contributed by atoms with Crippen LogP contribution in [0.4, 0.5) is 14.5 Å². The SMILES string of the molecule is O=C(COC(=O)CSc1ccccc1)Nc1ccc(F)c(F)c1. The van der Waals surface area contributed by atoms with Crippen molar-refractivity contribution in [3.8, 4) is 0 Å². The molecule has 4 nitrogen and oxygen atoms in total. The molecule has 120 valence electrons. The maximum absolute atomic E-state index is 13.0. The molecule has 23 heavy (non-hydrogen) atoms. The normalized spacial score (nSPS) is 10.2. The Bertz CT molecular complexity index is 695. The predicted octanol–water partition coefficient (Wildman–Crippen LogP) is 3.24. The third-order valence-corrected chi connectivity index (χ3v) is 3.65. The first-order chi connectivity index (χ1) is 11.0. The number of hydrogen-bond donors (Lipinski definition) is 1. The minimum Gasteiger partial charge on any atom is -0.455 e. The van der Waals surface area contributed by atoms with E-state index >= 15 is 0 Å². The highest BCUT2D eigenvalue weighted by Gasteiger charge is 2.10. The first-order valence-corrected chi connectivity index (χ1v) is 7.61.